The molecule has 2 aliphatic rings. The van der Waals surface area contributed by atoms with Crippen molar-refractivity contribution in [3.63, 3.8) is 0 Å². The van der Waals surface area contributed by atoms with Crippen LogP contribution in [0.15, 0.2) is 15.8 Å². The Kier molecular flexibility index (Phi) is 9.04. The number of H-pyrrole nitrogens is 1. The average molecular weight is 499 g/mol. The quantitative estimate of drug-likeness (QED) is 0.297. The molecular weight excluding hydrogens is 463 g/mol. The number of nitrogens with zero attached hydrogens (tertiary/aromatic N) is 3. The second kappa shape index (κ2) is 11.4. The summed E-state index contributed by atoms with van der Waals surface area (Å²) in [4.78, 5) is 30.3. The van der Waals surface area contributed by atoms with Gasteiger partial charge in [0.25, 0.3) is 14.1 Å². The van der Waals surface area contributed by atoms with Gasteiger partial charge in [-0.05, 0) is 34.6 Å². The van der Waals surface area contributed by atoms with Crippen molar-refractivity contribution < 1.29 is 23.3 Å². The lowest BCUT2D eigenvalue weighted by molar-refractivity contribution is -0.104. The fraction of sp³-hybridized carbons (Fsp3) is 0.773. The summed E-state index contributed by atoms with van der Waals surface area (Å²) in [5, 5.41) is 0. The van der Waals surface area contributed by atoms with Gasteiger partial charge < -0.3 is 28.1 Å². The van der Waals surface area contributed by atoms with Crippen LogP contribution in [-0.4, -0.2) is 77.6 Å². The van der Waals surface area contributed by atoms with Gasteiger partial charge in [0.15, 0.2) is 6.23 Å². The van der Waals surface area contributed by atoms with Crippen molar-refractivity contribution in [3.05, 3.63) is 44.0 Å². The molecule has 34 heavy (non-hydrogen) atoms. The SMILES string of the molecule is [C-]#[N+]CCOP(OC1[C@H](OC)[C@H](n2cc(C)c(=O)[nH]c2=O)O[C@]12CCOC2)N(C(C)C)C(C)C. The maximum atomic E-state index is 12.7. The fourth-order valence-electron chi connectivity index (χ4n) is 4.48. The van der Waals surface area contributed by atoms with E-state index < -0.39 is 43.8 Å². The minimum Gasteiger partial charge on any atom is -0.378 e. The molecule has 0 amide bonds. The van der Waals surface area contributed by atoms with Gasteiger partial charge in [0.1, 0.15) is 24.4 Å². The molecule has 0 radical (unpaired) electrons. The third-order valence-electron chi connectivity index (χ3n) is 6.02. The van der Waals surface area contributed by atoms with E-state index in [4.69, 9.17) is 29.8 Å². The smallest absolute Gasteiger partial charge is 0.330 e. The van der Waals surface area contributed by atoms with Gasteiger partial charge in [-0.3, -0.25) is 14.3 Å². The molecule has 2 aliphatic heterocycles. The van der Waals surface area contributed by atoms with E-state index in [1.54, 1.807) is 14.0 Å². The van der Waals surface area contributed by atoms with Crippen LogP contribution in [0.2, 0.25) is 0 Å². The van der Waals surface area contributed by atoms with E-state index in [0.29, 0.717) is 18.6 Å². The molecule has 1 N–H and O–H groups in total. The second-order valence-electron chi connectivity index (χ2n) is 9.10. The lowest BCUT2D eigenvalue weighted by Crippen LogP contribution is -2.47. The highest BCUT2D eigenvalue weighted by Gasteiger charge is 2.60. The summed E-state index contributed by atoms with van der Waals surface area (Å²) in [6.07, 6.45) is -0.0672. The lowest BCUT2D eigenvalue weighted by Gasteiger charge is -2.39. The van der Waals surface area contributed by atoms with Crippen molar-refractivity contribution in [1.82, 2.24) is 14.2 Å². The molecule has 3 rings (SSSR count). The molecule has 1 aromatic heterocycles. The molecule has 2 unspecified atom stereocenters. The number of aromatic nitrogens is 2. The normalized spacial score (nSPS) is 27.8. The number of aromatic amines is 1. The first-order chi connectivity index (χ1) is 16.1. The molecular formula is C22H35N4O7P. The highest BCUT2D eigenvalue weighted by atomic mass is 31.2. The lowest BCUT2D eigenvalue weighted by atomic mass is 9.94. The zero-order valence-electron chi connectivity index (χ0n) is 20.6. The number of hydrogen-bond acceptors (Lipinski definition) is 8. The summed E-state index contributed by atoms with van der Waals surface area (Å²) < 4.78 is 34.3. The number of nitrogens with one attached hydrogen (secondary N) is 1. The van der Waals surface area contributed by atoms with Crippen LogP contribution in [0.1, 0.15) is 45.9 Å². The van der Waals surface area contributed by atoms with E-state index in [2.05, 4.69) is 42.2 Å². The fourth-order valence-corrected chi connectivity index (χ4v) is 6.28. The van der Waals surface area contributed by atoms with Crippen molar-refractivity contribution in [2.24, 2.45) is 0 Å². The van der Waals surface area contributed by atoms with E-state index in [0.717, 1.165) is 0 Å². The minimum absolute atomic E-state index is 0.124. The van der Waals surface area contributed by atoms with Crippen LogP contribution in [0.25, 0.3) is 4.85 Å². The number of aryl methyl sites for hydroxylation is 1. The van der Waals surface area contributed by atoms with Gasteiger partial charge in [-0.2, -0.15) is 0 Å². The molecule has 0 bridgehead atoms. The monoisotopic (exact) mass is 498 g/mol. The summed E-state index contributed by atoms with van der Waals surface area (Å²) >= 11 is 0. The highest BCUT2D eigenvalue weighted by molar-refractivity contribution is 7.44. The molecule has 1 spiro atoms. The maximum absolute atomic E-state index is 12.7. The molecule has 0 aromatic carbocycles. The summed E-state index contributed by atoms with van der Waals surface area (Å²) in [7, 11) is -0.0356. The van der Waals surface area contributed by atoms with Crippen LogP contribution < -0.4 is 11.2 Å². The Morgan fingerprint density at radius 1 is 1.35 bits per heavy atom. The van der Waals surface area contributed by atoms with Crippen LogP contribution in [0.5, 0.6) is 0 Å². The van der Waals surface area contributed by atoms with Gasteiger partial charge in [0.05, 0.1) is 6.61 Å². The van der Waals surface area contributed by atoms with Crippen LogP contribution in [0, 0.1) is 13.5 Å². The average Bonchev–Trinajstić information content (AvgIpc) is 3.35. The summed E-state index contributed by atoms with van der Waals surface area (Å²) in [6.45, 7) is 18.2. The zero-order valence-corrected chi connectivity index (χ0v) is 21.5. The predicted octanol–water partition coefficient (Wildman–Crippen LogP) is 2.21. The molecule has 12 heteroatoms. The third-order valence-corrected chi connectivity index (χ3v) is 8.13. The Balaban J connectivity index is 2.00. The van der Waals surface area contributed by atoms with Crippen molar-refractivity contribution in [1.29, 1.82) is 0 Å². The zero-order chi connectivity index (χ0) is 25.0. The van der Waals surface area contributed by atoms with Crippen molar-refractivity contribution in [2.45, 2.75) is 77.2 Å². The first-order valence-corrected chi connectivity index (χ1v) is 12.6. The van der Waals surface area contributed by atoms with Crippen molar-refractivity contribution in [3.8, 4) is 0 Å². The first kappa shape index (κ1) is 27.0. The van der Waals surface area contributed by atoms with E-state index >= 15 is 0 Å². The number of methoxy groups -OCH3 is 1. The Bertz CT molecular complexity index is 975. The Hall–Kier alpha value is -1.64. The molecule has 2 saturated heterocycles. The van der Waals surface area contributed by atoms with Crippen molar-refractivity contribution in [2.75, 3.05) is 33.5 Å². The Labute approximate surface area is 201 Å². The van der Waals surface area contributed by atoms with E-state index in [1.807, 2.05) is 0 Å². The highest BCUT2D eigenvalue weighted by Crippen LogP contribution is 2.54. The van der Waals surface area contributed by atoms with Gasteiger partial charge in [-0.1, -0.05) is 0 Å². The van der Waals surface area contributed by atoms with Crippen LogP contribution in [0.3, 0.4) is 0 Å². The van der Waals surface area contributed by atoms with Gasteiger partial charge in [-0.15, -0.1) is 0 Å². The van der Waals surface area contributed by atoms with Crippen LogP contribution >= 0.6 is 8.53 Å². The predicted molar refractivity (Wildman–Crippen MR) is 126 cm³/mol. The third kappa shape index (κ3) is 5.44. The first-order valence-electron chi connectivity index (χ1n) is 11.5. The number of hydrogen-bond donors (Lipinski definition) is 1. The topological polar surface area (TPSA) is 109 Å². The van der Waals surface area contributed by atoms with Crippen LogP contribution in [-0.2, 0) is 23.3 Å². The number of ether oxygens (including phenoxy) is 3. The molecule has 3 heterocycles. The molecule has 11 nitrogen and oxygen atoms in total. The molecule has 0 aliphatic carbocycles. The van der Waals surface area contributed by atoms with Crippen molar-refractivity contribution >= 4 is 8.53 Å². The Morgan fingerprint density at radius 3 is 2.62 bits per heavy atom. The maximum Gasteiger partial charge on any atom is 0.330 e. The molecule has 1 aromatic rings. The Morgan fingerprint density at radius 2 is 2.06 bits per heavy atom. The van der Waals surface area contributed by atoms with Gasteiger partial charge >= 0.3 is 5.69 Å². The van der Waals surface area contributed by atoms with Crippen LogP contribution in [0.4, 0.5) is 0 Å². The summed E-state index contributed by atoms with van der Waals surface area (Å²) in [6, 6.07) is 0.247. The minimum atomic E-state index is -1.58. The largest absolute Gasteiger partial charge is 0.378 e. The second-order valence-corrected chi connectivity index (χ2v) is 10.5. The standard InChI is InChI=1S/C22H35N4O7P/c1-14(2)26(15(3)4)34(31-11-9-23-6)33-18-17(29-7)20(32-22(18)8-10-30-13-22)25-12-16(5)19(27)24-21(25)28/h12,14-15,17-18,20H,8-11,13H2,1-5,7H3,(H,24,27,28)/t17-,18?,20+,22-,34?/m0/s1. The van der Waals surface area contributed by atoms with Gasteiger partial charge in [0.2, 0.25) is 6.54 Å². The molecule has 0 saturated carbocycles. The van der Waals surface area contributed by atoms with E-state index in [9.17, 15) is 9.59 Å². The van der Waals surface area contributed by atoms with E-state index in [1.165, 1.54) is 10.8 Å². The summed E-state index contributed by atoms with van der Waals surface area (Å²) in [5.74, 6) is 0. The van der Waals surface area contributed by atoms with Gasteiger partial charge in [-0.25, -0.2) is 16.0 Å². The molecule has 2 fully saturated rings. The van der Waals surface area contributed by atoms with E-state index in [-0.39, 0.29) is 31.8 Å². The molecule has 5 atom stereocenters. The molecule has 190 valence electrons. The number of rotatable bonds is 10. The van der Waals surface area contributed by atoms with Gasteiger partial charge in [0, 0.05) is 44.0 Å². The summed E-state index contributed by atoms with van der Waals surface area (Å²) in [5.41, 5.74) is -1.49.